The molecule has 6 nitrogen and oxygen atoms in total. The number of nitrogens with one attached hydrogen (secondary N) is 1. The maximum absolute atomic E-state index is 12.9. The van der Waals surface area contributed by atoms with Crippen molar-refractivity contribution in [2.75, 3.05) is 20.6 Å². The van der Waals surface area contributed by atoms with Gasteiger partial charge in [0.25, 0.3) is 0 Å². The van der Waals surface area contributed by atoms with Crippen molar-refractivity contribution in [1.82, 2.24) is 15.1 Å². The van der Waals surface area contributed by atoms with Crippen LogP contribution >= 0.6 is 0 Å². The first kappa shape index (κ1) is 18.8. The van der Waals surface area contributed by atoms with Crippen LogP contribution in [-0.2, 0) is 17.8 Å². The van der Waals surface area contributed by atoms with E-state index in [1.165, 1.54) is 4.90 Å². The van der Waals surface area contributed by atoms with Crippen LogP contribution in [0.4, 0.5) is 4.79 Å². The molecule has 27 heavy (non-hydrogen) atoms. The monoisotopic (exact) mass is 367 g/mol. The van der Waals surface area contributed by atoms with E-state index in [2.05, 4.69) is 5.32 Å². The Labute approximate surface area is 159 Å². The van der Waals surface area contributed by atoms with Gasteiger partial charge >= 0.3 is 6.03 Å². The summed E-state index contributed by atoms with van der Waals surface area (Å²) in [5.41, 5.74) is 3.01. The van der Waals surface area contributed by atoms with Gasteiger partial charge in [-0.25, -0.2) is 4.79 Å². The summed E-state index contributed by atoms with van der Waals surface area (Å²) >= 11 is 0. The van der Waals surface area contributed by atoms with Crippen molar-refractivity contribution in [2.45, 2.75) is 25.4 Å². The number of hydrogen-bond acceptors (Lipinski definition) is 3. The first-order chi connectivity index (χ1) is 12.9. The minimum absolute atomic E-state index is 0.0435. The Morgan fingerprint density at radius 3 is 2.59 bits per heavy atom. The van der Waals surface area contributed by atoms with Crippen LogP contribution in [0, 0.1) is 0 Å². The molecule has 0 aliphatic carbocycles. The van der Waals surface area contributed by atoms with Crippen molar-refractivity contribution in [2.24, 2.45) is 0 Å². The van der Waals surface area contributed by atoms with E-state index >= 15 is 0 Å². The number of hydrogen-bond donors (Lipinski definition) is 2. The predicted molar refractivity (Wildman–Crippen MR) is 103 cm³/mol. The normalized spacial score (nSPS) is 14.2. The molecule has 0 bridgehead atoms. The van der Waals surface area contributed by atoms with Crippen LogP contribution < -0.4 is 5.32 Å². The van der Waals surface area contributed by atoms with Gasteiger partial charge in [-0.15, -0.1) is 0 Å². The lowest BCUT2D eigenvalue weighted by Crippen LogP contribution is -2.44. The number of benzene rings is 2. The number of nitrogens with zero attached hydrogens (tertiary/aromatic N) is 2. The Morgan fingerprint density at radius 1 is 1.15 bits per heavy atom. The van der Waals surface area contributed by atoms with E-state index < -0.39 is 0 Å². The molecule has 3 rings (SSSR count). The molecular formula is C21H25N3O3. The standard InChI is InChI=1S/C21H25N3O3/c1-23(2)20(26)13-19(16-6-4-3-5-7-16)22-21(27)24-11-10-15-8-9-18(25)12-17(15)14-24/h3-9,12,19,25H,10-11,13-14H2,1-2H3,(H,22,27)/t19-/m1/s1. The smallest absolute Gasteiger partial charge is 0.318 e. The van der Waals surface area contributed by atoms with Gasteiger partial charge in [-0.2, -0.15) is 0 Å². The third-order valence-electron chi connectivity index (χ3n) is 4.87. The second-order valence-electron chi connectivity index (χ2n) is 7.03. The summed E-state index contributed by atoms with van der Waals surface area (Å²) < 4.78 is 0. The Kier molecular flexibility index (Phi) is 5.64. The number of phenols is 1. The van der Waals surface area contributed by atoms with E-state index in [-0.39, 0.29) is 30.2 Å². The number of urea groups is 1. The highest BCUT2D eigenvalue weighted by molar-refractivity contribution is 5.79. The van der Waals surface area contributed by atoms with E-state index in [9.17, 15) is 14.7 Å². The van der Waals surface area contributed by atoms with E-state index in [4.69, 9.17) is 0 Å². The summed E-state index contributed by atoms with van der Waals surface area (Å²) in [5.74, 6) is 0.160. The Bertz CT molecular complexity index is 821. The molecule has 142 valence electrons. The zero-order valence-corrected chi connectivity index (χ0v) is 15.7. The van der Waals surface area contributed by atoms with Gasteiger partial charge in [0.15, 0.2) is 0 Å². The van der Waals surface area contributed by atoms with Gasteiger partial charge in [0.05, 0.1) is 12.5 Å². The van der Waals surface area contributed by atoms with Crippen molar-refractivity contribution >= 4 is 11.9 Å². The summed E-state index contributed by atoms with van der Waals surface area (Å²) in [5, 5.41) is 12.7. The van der Waals surface area contributed by atoms with Gasteiger partial charge in [0.2, 0.25) is 5.91 Å². The lowest BCUT2D eigenvalue weighted by atomic mass is 9.99. The molecule has 3 amide bonds. The van der Waals surface area contributed by atoms with Crippen LogP contribution in [0.2, 0.25) is 0 Å². The average molecular weight is 367 g/mol. The second kappa shape index (κ2) is 8.12. The number of carbonyl (C=O) groups is 2. The maximum Gasteiger partial charge on any atom is 0.318 e. The molecule has 0 saturated heterocycles. The Balaban J connectivity index is 1.73. The molecule has 1 aliphatic heterocycles. The summed E-state index contributed by atoms with van der Waals surface area (Å²) in [6.07, 6.45) is 0.948. The number of aromatic hydroxyl groups is 1. The van der Waals surface area contributed by atoms with Gasteiger partial charge < -0.3 is 20.2 Å². The van der Waals surface area contributed by atoms with Crippen molar-refractivity contribution in [3.63, 3.8) is 0 Å². The zero-order chi connectivity index (χ0) is 19.4. The van der Waals surface area contributed by atoms with Gasteiger partial charge in [-0.1, -0.05) is 36.4 Å². The van der Waals surface area contributed by atoms with Crippen molar-refractivity contribution in [3.8, 4) is 5.75 Å². The van der Waals surface area contributed by atoms with Gasteiger partial charge in [-0.05, 0) is 35.2 Å². The topological polar surface area (TPSA) is 72.9 Å². The Morgan fingerprint density at radius 2 is 1.89 bits per heavy atom. The molecular weight excluding hydrogens is 342 g/mol. The van der Waals surface area contributed by atoms with Crippen molar-refractivity contribution < 1.29 is 14.7 Å². The number of rotatable bonds is 4. The first-order valence-electron chi connectivity index (χ1n) is 9.05. The molecule has 1 atom stereocenters. The maximum atomic E-state index is 12.9. The molecule has 2 aromatic carbocycles. The quantitative estimate of drug-likeness (QED) is 0.873. The SMILES string of the molecule is CN(C)C(=O)C[C@@H](NC(=O)N1CCc2ccc(O)cc2C1)c1ccccc1. The molecule has 2 N–H and O–H groups in total. The molecule has 0 unspecified atom stereocenters. The molecule has 1 heterocycles. The van der Waals surface area contributed by atoms with Gasteiger partial charge in [-0.3, -0.25) is 4.79 Å². The fourth-order valence-electron chi connectivity index (χ4n) is 3.25. The number of fused-ring (bicyclic) bond motifs is 1. The van der Waals surface area contributed by atoms with Crippen LogP contribution in [0.5, 0.6) is 5.75 Å². The molecule has 0 saturated carbocycles. The van der Waals surface area contributed by atoms with Gasteiger partial charge in [0, 0.05) is 27.2 Å². The molecule has 0 spiro atoms. The average Bonchev–Trinajstić information content (AvgIpc) is 2.67. The molecule has 2 aromatic rings. The number of amides is 3. The van der Waals surface area contributed by atoms with Crippen molar-refractivity contribution in [3.05, 3.63) is 65.2 Å². The highest BCUT2D eigenvalue weighted by Gasteiger charge is 2.25. The lowest BCUT2D eigenvalue weighted by molar-refractivity contribution is -0.129. The minimum atomic E-state index is -0.390. The summed E-state index contributed by atoms with van der Waals surface area (Å²) in [4.78, 5) is 28.3. The van der Waals surface area contributed by atoms with E-state index in [0.717, 1.165) is 23.1 Å². The summed E-state index contributed by atoms with van der Waals surface area (Å²) in [6.45, 7) is 1.05. The minimum Gasteiger partial charge on any atom is -0.508 e. The third-order valence-corrected chi connectivity index (χ3v) is 4.87. The molecule has 6 heteroatoms. The van der Waals surface area contributed by atoms with Gasteiger partial charge in [0.1, 0.15) is 5.75 Å². The number of carbonyl (C=O) groups excluding carboxylic acids is 2. The highest BCUT2D eigenvalue weighted by Crippen LogP contribution is 2.24. The fourth-order valence-corrected chi connectivity index (χ4v) is 3.25. The van der Waals surface area contributed by atoms with Crippen LogP contribution in [-0.4, -0.2) is 47.5 Å². The molecule has 0 aromatic heterocycles. The highest BCUT2D eigenvalue weighted by atomic mass is 16.3. The lowest BCUT2D eigenvalue weighted by Gasteiger charge is -2.31. The molecule has 0 radical (unpaired) electrons. The van der Waals surface area contributed by atoms with E-state index in [0.29, 0.717) is 13.1 Å². The fraction of sp³-hybridized carbons (Fsp3) is 0.333. The van der Waals surface area contributed by atoms with Crippen LogP contribution in [0.15, 0.2) is 48.5 Å². The first-order valence-corrected chi connectivity index (χ1v) is 9.05. The van der Waals surface area contributed by atoms with E-state index in [1.807, 2.05) is 36.4 Å². The van der Waals surface area contributed by atoms with Crippen molar-refractivity contribution in [1.29, 1.82) is 0 Å². The van der Waals surface area contributed by atoms with Crippen LogP contribution in [0.1, 0.15) is 29.2 Å². The predicted octanol–water partition coefficient (Wildman–Crippen LogP) is 2.68. The number of phenolic OH excluding ortho intramolecular Hbond substituents is 1. The van der Waals surface area contributed by atoms with E-state index in [1.54, 1.807) is 31.1 Å². The van der Waals surface area contributed by atoms with Crippen LogP contribution in [0.25, 0.3) is 0 Å². The summed E-state index contributed by atoms with van der Waals surface area (Å²) in [6, 6.07) is 14.2. The molecule has 1 aliphatic rings. The Hall–Kier alpha value is -3.02. The molecule has 0 fully saturated rings. The second-order valence-corrected chi connectivity index (χ2v) is 7.03. The summed E-state index contributed by atoms with van der Waals surface area (Å²) in [7, 11) is 3.42. The third kappa shape index (κ3) is 4.58. The largest absolute Gasteiger partial charge is 0.508 e. The zero-order valence-electron chi connectivity index (χ0n) is 15.7. The van der Waals surface area contributed by atoms with Crippen LogP contribution in [0.3, 0.4) is 0 Å².